The van der Waals surface area contributed by atoms with Gasteiger partial charge in [0.2, 0.25) is 0 Å². The van der Waals surface area contributed by atoms with Crippen molar-refractivity contribution in [3.05, 3.63) is 29.8 Å². The molecule has 64 valence electrons. The van der Waals surface area contributed by atoms with Crippen molar-refractivity contribution in [2.75, 3.05) is 12.3 Å². The second-order valence-corrected chi connectivity index (χ2v) is 3.39. The maximum atomic E-state index is 5.67. The molecule has 1 unspecified atom stereocenters. The second kappa shape index (κ2) is 3.15. The second-order valence-electron chi connectivity index (χ2n) is 3.39. The number of hydrogen-bond donors (Lipinski definition) is 2. The van der Waals surface area contributed by atoms with Crippen molar-refractivity contribution >= 4 is 5.69 Å². The summed E-state index contributed by atoms with van der Waals surface area (Å²) in [6.45, 7) is 1.17. The topological polar surface area (TPSA) is 38.0 Å². The Morgan fingerprint density at radius 1 is 1.50 bits per heavy atom. The molecule has 1 aliphatic rings. The van der Waals surface area contributed by atoms with Crippen LogP contribution in [0.2, 0.25) is 0 Å². The van der Waals surface area contributed by atoms with E-state index in [2.05, 4.69) is 17.4 Å². The molecule has 1 saturated heterocycles. The maximum absolute atomic E-state index is 5.67. The zero-order valence-electron chi connectivity index (χ0n) is 7.09. The molecular formula is C10H14N2. The Balaban J connectivity index is 2.02. The average molecular weight is 162 g/mol. The highest BCUT2D eigenvalue weighted by Gasteiger charge is 2.15. The standard InChI is InChI=1S/C10H14N2/c11-9-3-1-2-8(6-9)7-10-4-5-12-10/h1-3,6,10,12H,4-5,7,11H2. The molecule has 2 nitrogen and oxygen atoms in total. The number of nitrogens with two attached hydrogens (primary N) is 1. The van der Waals surface area contributed by atoms with E-state index in [1.807, 2.05) is 12.1 Å². The van der Waals surface area contributed by atoms with Crippen LogP contribution in [-0.4, -0.2) is 12.6 Å². The molecular weight excluding hydrogens is 148 g/mol. The molecule has 0 radical (unpaired) electrons. The number of hydrogen-bond acceptors (Lipinski definition) is 2. The summed E-state index contributed by atoms with van der Waals surface area (Å²) in [6.07, 6.45) is 2.42. The molecule has 0 saturated carbocycles. The zero-order chi connectivity index (χ0) is 8.39. The zero-order valence-corrected chi connectivity index (χ0v) is 7.09. The average Bonchev–Trinajstić information content (AvgIpc) is 1.97. The van der Waals surface area contributed by atoms with E-state index >= 15 is 0 Å². The van der Waals surface area contributed by atoms with E-state index in [4.69, 9.17) is 5.73 Å². The first-order valence-corrected chi connectivity index (χ1v) is 4.42. The summed E-state index contributed by atoms with van der Waals surface area (Å²) in [5.41, 5.74) is 7.88. The molecule has 3 N–H and O–H groups in total. The Hall–Kier alpha value is -1.02. The van der Waals surface area contributed by atoms with Gasteiger partial charge in [-0.3, -0.25) is 0 Å². The first kappa shape index (κ1) is 7.62. The van der Waals surface area contributed by atoms with Crippen LogP contribution in [0, 0.1) is 0 Å². The quantitative estimate of drug-likeness (QED) is 0.641. The van der Waals surface area contributed by atoms with Crippen LogP contribution >= 0.6 is 0 Å². The molecule has 12 heavy (non-hydrogen) atoms. The highest BCUT2D eigenvalue weighted by atomic mass is 15.0. The van der Waals surface area contributed by atoms with Gasteiger partial charge in [0, 0.05) is 11.7 Å². The first-order chi connectivity index (χ1) is 5.84. The lowest BCUT2D eigenvalue weighted by Gasteiger charge is -2.27. The molecule has 1 aliphatic heterocycles. The normalized spacial score (nSPS) is 21.8. The van der Waals surface area contributed by atoms with Gasteiger partial charge in [-0.15, -0.1) is 0 Å². The fourth-order valence-electron chi connectivity index (χ4n) is 1.53. The molecule has 1 aromatic rings. The van der Waals surface area contributed by atoms with Crippen molar-refractivity contribution in [1.29, 1.82) is 0 Å². The van der Waals surface area contributed by atoms with Crippen molar-refractivity contribution in [3.8, 4) is 0 Å². The molecule has 0 bridgehead atoms. The summed E-state index contributed by atoms with van der Waals surface area (Å²) in [6, 6.07) is 8.82. The number of nitrogen functional groups attached to an aromatic ring is 1. The van der Waals surface area contributed by atoms with Gasteiger partial charge in [0.25, 0.3) is 0 Å². The van der Waals surface area contributed by atoms with Crippen LogP contribution < -0.4 is 11.1 Å². The van der Waals surface area contributed by atoms with E-state index in [-0.39, 0.29) is 0 Å². The number of nitrogens with one attached hydrogen (secondary N) is 1. The lowest BCUT2D eigenvalue weighted by molar-refractivity contribution is 0.369. The Labute approximate surface area is 72.8 Å². The van der Waals surface area contributed by atoms with E-state index < -0.39 is 0 Å². The van der Waals surface area contributed by atoms with Crippen LogP contribution in [0.3, 0.4) is 0 Å². The van der Waals surface area contributed by atoms with Gasteiger partial charge in [-0.25, -0.2) is 0 Å². The number of anilines is 1. The summed E-state index contributed by atoms with van der Waals surface area (Å²) in [5, 5.41) is 3.37. The van der Waals surface area contributed by atoms with Gasteiger partial charge in [-0.2, -0.15) is 0 Å². The van der Waals surface area contributed by atoms with Crippen molar-refractivity contribution in [2.45, 2.75) is 18.9 Å². The van der Waals surface area contributed by atoms with Crippen molar-refractivity contribution in [3.63, 3.8) is 0 Å². The van der Waals surface area contributed by atoms with E-state index in [9.17, 15) is 0 Å². The van der Waals surface area contributed by atoms with Crippen molar-refractivity contribution < 1.29 is 0 Å². The highest BCUT2D eigenvalue weighted by Crippen LogP contribution is 2.13. The Kier molecular flexibility index (Phi) is 2.00. The SMILES string of the molecule is Nc1cccc(CC2CCN2)c1. The minimum Gasteiger partial charge on any atom is -0.399 e. The number of benzene rings is 1. The minimum absolute atomic E-state index is 0.687. The first-order valence-electron chi connectivity index (χ1n) is 4.42. The summed E-state index contributed by atoms with van der Waals surface area (Å²) in [4.78, 5) is 0. The lowest BCUT2D eigenvalue weighted by Crippen LogP contribution is -2.44. The summed E-state index contributed by atoms with van der Waals surface area (Å²) >= 11 is 0. The third-order valence-electron chi connectivity index (χ3n) is 2.36. The van der Waals surface area contributed by atoms with Crippen LogP contribution in [-0.2, 0) is 6.42 Å². The largest absolute Gasteiger partial charge is 0.399 e. The maximum Gasteiger partial charge on any atom is 0.0316 e. The van der Waals surface area contributed by atoms with Gasteiger partial charge in [0.1, 0.15) is 0 Å². The van der Waals surface area contributed by atoms with Gasteiger partial charge in [-0.1, -0.05) is 12.1 Å². The fraction of sp³-hybridized carbons (Fsp3) is 0.400. The van der Waals surface area contributed by atoms with Gasteiger partial charge < -0.3 is 11.1 Å². The minimum atomic E-state index is 0.687. The Morgan fingerprint density at radius 2 is 2.33 bits per heavy atom. The molecule has 1 aromatic carbocycles. The molecule has 1 fully saturated rings. The molecule has 0 amide bonds. The Morgan fingerprint density at radius 3 is 2.92 bits per heavy atom. The smallest absolute Gasteiger partial charge is 0.0316 e. The molecule has 0 aliphatic carbocycles. The van der Waals surface area contributed by atoms with Crippen LogP contribution in [0.5, 0.6) is 0 Å². The fourth-order valence-corrected chi connectivity index (χ4v) is 1.53. The van der Waals surface area contributed by atoms with Crippen molar-refractivity contribution in [1.82, 2.24) is 5.32 Å². The van der Waals surface area contributed by atoms with Gasteiger partial charge in [-0.05, 0) is 37.1 Å². The van der Waals surface area contributed by atoms with Gasteiger partial charge in [0.05, 0.1) is 0 Å². The number of rotatable bonds is 2. The Bertz CT molecular complexity index is 266. The molecule has 2 heteroatoms. The summed E-state index contributed by atoms with van der Waals surface area (Å²) < 4.78 is 0. The summed E-state index contributed by atoms with van der Waals surface area (Å²) in [7, 11) is 0. The van der Waals surface area contributed by atoms with Crippen LogP contribution in [0.4, 0.5) is 5.69 Å². The third kappa shape index (κ3) is 1.59. The van der Waals surface area contributed by atoms with Gasteiger partial charge in [0.15, 0.2) is 0 Å². The van der Waals surface area contributed by atoms with E-state index in [1.165, 1.54) is 18.5 Å². The molecule has 2 rings (SSSR count). The molecule has 1 heterocycles. The third-order valence-corrected chi connectivity index (χ3v) is 2.36. The predicted molar refractivity (Wildman–Crippen MR) is 51.0 cm³/mol. The van der Waals surface area contributed by atoms with E-state index in [0.29, 0.717) is 6.04 Å². The van der Waals surface area contributed by atoms with Crippen LogP contribution in [0.25, 0.3) is 0 Å². The van der Waals surface area contributed by atoms with Crippen LogP contribution in [0.1, 0.15) is 12.0 Å². The van der Waals surface area contributed by atoms with Crippen molar-refractivity contribution in [2.24, 2.45) is 0 Å². The summed E-state index contributed by atoms with van der Waals surface area (Å²) in [5.74, 6) is 0. The molecule has 1 atom stereocenters. The van der Waals surface area contributed by atoms with E-state index in [1.54, 1.807) is 0 Å². The van der Waals surface area contributed by atoms with E-state index in [0.717, 1.165) is 12.1 Å². The highest BCUT2D eigenvalue weighted by molar-refractivity contribution is 5.40. The van der Waals surface area contributed by atoms with Gasteiger partial charge >= 0.3 is 0 Å². The molecule has 0 spiro atoms. The predicted octanol–water partition coefficient (Wildman–Crippen LogP) is 1.17. The van der Waals surface area contributed by atoms with Crippen LogP contribution in [0.15, 0.2) is 24.3 Å². The lowest BCUT2D eigenvalue weighted by atomic mass is 9.98. The molecule has 0 aromatic heterocycles. The monoisotopic (exact) mass is 162 g/mol.